The van der Waals surface area contributed by atoms with Crippen molar-refractivity contribution >= 4 is 11.8 Å². The van der Waals surface area contributed by atoms with Crippen LogP contribution in [0.3, 0.4) is 0 Å². The zero-order chi connectivity index (χ0) is 17.6. The first kappa shape index (κ1) is 17.4. The van der Waals surface area contributed by atoms with Crippen molar-refractivity contribution in [2.24, 2.45) is 0 Å². The van der Waals surface area contributed by atoms with Crippen LogP contribution in [0.15, 0.2) is 42.9 Å². The predicted molar refractivity (Wildman–Crippen MR) is 78.1 cm³/mol. The lowest BCUT2D eigenvalue weighted by Crippen LogP contribution is -2.35. The van der Waals surface area contributed by atoms with E-state index in [1.165, 1.54) is 30.7 Å². The highest BCUT2D eigenvalue weighted by molar-refractivity contribution is 5.96. The molecule has 1 heterocycles. The zero-order valence-corrected chi connectivity index (χ0v) is 12.3. The summed E-state index contributed by atoms with van der Waals surface area (Å²) >= 11 is 0. The number of nitrogens with zero attached hydrogens (tertiary/aromatic N) is 2. The third-order valence-electron chi connectivity index (χ3n) is 2.97. The Morgan fingerprint density at radius 3 is 2.29 bits per heavy atom. The van der Waals surface area contributed by atoms with Crippen LogP contribution >= 0.6 is 0 Å². The molecule has 9 heteroatoms. The van der Waals surface area contributed by atoms with Gasteiger partial charge in [-0.1, -0.05) is 12.1 Å². The third kappa shape index (κ3) is 4.51. The van der Waals surface area contributed by atoms with Gasteiger partial charge in [-0.3, -0.25) is 14.6 Å². The van der Waals surface area contributed by atoms with Crippen LogP contribution in [0.2, 0.25) is 0 Å². The zero-order valence-electron chi connectivity index (χ0n) is 12.3. The summed E-state index contributed by atoms with van der Waals surface area (Å²) in [5, 5.41) is 4.80. The van der Waals surface area contributed by atoms with Crippen molar-refractivity contribution in [3.63, 3.8) is 0 Å². The first-order valence-corrected chi connectivity index (χ1v) is 6.88. The van der Waals surface area contributed by atoms with Gasteiger partial charge in [-0.05, 0) is 12.1 Å². The number of rotatable bonds is 5. The fraction of sp³-hybridized carbons (Fsp3) is 0.200. The molecule has 0 unspecified atom stereocenters. The van der Waals surface area contributed by atoms with E-state index in [1.807, 2.05) is 0 Å². The van der Waals surface area contributed by atoms with Crippen molar-refractivity contribution in [3.8, 4) is 0 Å². The van der Waals surface area contributed by atoms with Crippen LogP contribution in [0.5, 0.6) is 0 Å². The van der Waals surface area contributed by atoms with Crippen molar-refractivity contribution in [3.05, 3.63) is 59.7 Å². The number of alkyl halides is 3. The minimum atomic E-state index is -4.62. The summed E-state index contributed by atoms with van der Waals surface area (Å²) in [7, 11) is 0. The summed E-state index contributed by atoms with van der Waals surface area (Å²) in [6.45, 7) is 0.00631. The van der Waals surface area contributed by atoms with Crippen LogP contribution in [0.25, 0.3) is 0 Å². The van der Waals surface area contributed by atoms with Crippen LogP contribution in [0.1, 0.15) is 26.4 Å². The Hall–Kier alpha value is -2.97. The molecule has 0 aliphatic rings. The molecule has 2 N–H and O–H groups in total. The molecule has 0 atom stereocenters. The van der Waals surface area contributed by atoms with Crippen molar-refractivity contribution in [2.75, 3.05) is 13.1 Å². The lowest BCUT2D eigenvalue weighted by molar-refractivity contribution is -0.137. The molecule has 0 saturated carbocycles. The van der Waals surface area contributed by atoms with Crippen molar-refractivity contribution in [1.29, 1.82) is 0 Å². The second-order valence-electron chi connectivity index (χ2n) is 4.65. The molecule has 2 aromatic rings. The summed E-state index contributed by atoms with van der Waals surface area (Å²) in [5.41, 5.74) is -1.37. The molecule has 0 bridgehead atoms. The topological polar surface area (TPSA) is 84.0 Å². The summed E-state index contributed by atoms with van der Waals surface area (Å²) in [6, 6.07) is 4.49. The Labute approximate surface area is 135 Å². The molecule has 0 spiro atoms. The van der Waals surface area contributed by atoms with Gasteiger partial charge < -0.3 is 10.6 Å². The minimum Gasteiger partial charge on any atom is -0.350 e. The molecule has 1 aromatic carbocycles. The number of halogens is 3. The van der Waals surface area contributed by atoms with Gasteiger partial charge >= 0.3 is 6.18 Å². The van der Waals surface area contributed by atoms with Crippen LogP contribution in [-0.2, 0) is 6.18 Å². The van der Waals surface area contributed by atoms with E-state index in [-0.39, 0.29) is 18.8 Å². The number of nitrogens with one attached hydrogen (secondary N) is 2. The molecular weight excluding hydrogens is 325 g/mol. The maximum absolute atomic E-state index is 12.8. The third-order valence-corrected chi connectivity index (χ3v) is 2.97. The fourth-order valence-electron chi connectivity index (χ4n) is 1.88. The van der Waals surface area contributed by atoms with E-state index < -0.39 is 29.1 Å². The monoisotopic (exact) mass is 338 g/mol. The van der Waals surface area contributed by atoms with Gasteiger partial charge in [0, 0.05) is 25.5 Å². The fourth-order valence-corrected chi connectivity index (χ4v) is 1.88. The molecule has 126 valence electrons. The molecule has 2 amide bonds. The lowest BCUT2D eigenvalue weighted by Gasteiger charge is -2.12. The van der Waals surface area contributed by atoms with Gasteiger partial charge in [0.25, 0.3) is 11.8 Å². The summed E-state index contributed by atoms with van der Waals surface area (Å²) < 4.78 is 38.5. The molecule has 0 aliphatic heterocycles. The number of amides is 2. The Bertz CT molecular complexity index is 720. The van der Waals surface area contributed by atoms with Crippen molar-refractivity contribution in [2.45, 2.75) is 6.18 Å². The first-order chi connectivity index (χ1) is 11.4. The standard InChI is InChI=1S/C15H13F3N4O2/c16-15(17,18)11-4-2-1-3-10(11)13(23)21-7-8-22-14(24)12-9-19-5-6-20-12/h1-6,9H,7-8H2,(H,21,23)(H,22,24). The molecule has 0 aliphatic carbocycles. The maximum Gasteiger partial charge on any atom is 0.417 e. The lowest BCUT2D eigenvalue weighted by atomic mass is 10.1. The number of benzene rings is 1. The van der Waals surface area contributed by atoms with Gasteiger partial charge in [-0.2, -0.15) is 13.2 Å². The molecular formula is C15H13F3N4O2. The molecule has 24 heavy (non-hydrogen) atoms. The normalized spacial score (nSPS) is 11.0. The summed E-state index contributed by atoms with van der Waals surface area (Å²) in [4.78, 5) is 31.1. The SMILES string of the molecule is O=C(NCCNC(=O)c1ccccc1C(F)(F)F)c1cnccn1. The second-order valence-corrected chi connectivity index (χ2v) is 4.65. The van der Waals surface area contributed by atoms with E-state index in [0.717, 1.165) is 12.1 Å². The Balaban J connectivity index is 1.87. The highest BCUT2D eigenvalue weighted by atomic mass is 19.4. The summed E-state index contributed by atoms with van der Waals surface area (Å²) in [6.07, 6.45) is -0.582. The first-order valence-electron chi connectivity index (χ1n) is 6.88. The van der Waals surface area contributed by atoms with E-state index in [2.05, 4.69) is 20.6 Å². The highest BCUT2D eigenvalue weighted by Gasteiger charge is 2.34. The maximum atomic E-state index is 12.8. The van der Waals surface area contributed by atoms with E-state index >= 15 is 0 Å². The van der Waals surface area contributed by atoms with Crippen molar-refractivity contribution < 1.29 is 22.8 Å². The quantitative estimate of drug-likeness (QED) is 0.812. The Kier molecular flexibility index (Phi) is 5.46. The van der Waals surface area contributed by atoms with Gasteiger partial charge in [0.15, 0.2) is 0 Å². The van der Waals surface area contributed by atoms with E-state index in [9.17, 15) is 22.8 Å². The van der Waals surface area contributed by atoms with Gasteiger partial charge in [-0.25, -0.2) is 4.98 Å². The largest absolute Gasteiger partial charge is 0.417 e. The molecule has 0 radical (unpaired) electrons. The summed E-state index contributed by atoms with van der Waals surface area (Å²) in [5.74, 6) is -1.36. The van der Waals surface area contributed by atoms with Crippen LogP contribution in [0, 0.1) is 0 Å². The number of hydrogen-bond acceptors (Lipinski definition) is 4. The average molecular weight is 338 g/mol. The van der Waals surface area contributed by atoms with E-state index in [0.29, 0.717) is 0 Å². The van der Waals surface area contributed by atoms with Gasteiger partial charge in [0.05, 0.1) is 17.3 Å². The van der Waals surface area contributed by atoms with Gasteiger partial charge in [-0.15, -0.1) is 0 Å². The minimum absolute atomic E-state index is 0.0307. The molecule has 6 nitrogen and oxygen atoms in total. The van der Waals surface area contributed by atoms with Crippen LogP contribution < -0.4 is 10.6 Å². The van der Waals surface area contributed by atoms with E-state index in [4.69, 9.17) is 0 Å². The Morgan fingerprint density at radius 1 is 1.00 bits per heavy atom. The smallest absolute Gasteiger partial charge is 0.350 e. The molecule has 1 aromatic heterocycles. The number of carbonyl (C=O) groups is 2. The van der Waals surface area contributed by atoms with Crippen molar-refractivity contribution in [1.82, 2.24) is 20.6 Å². The molecule has 2 rings (SSSR count). The number of aromatic nitrogens is 2. The Morgan fingerprint density at radius 2 is 1.67 bits per heavy atom. The van der Waals surface area contributed by atoms with Crippen LogP contribution in [0.4, 0.5) is 13.2 Å². The molecule has 0 saturated heterocycles. The van der Waals surface area contributed by atoms with Gasteiger partial charge in [0.2, 0.25) is 0 Å². The van der Waals surface area contributed by atoms with E-state index in [1.54, 1.807) is 0 Å². The van der Waals surface area contributed by atoms with Crippen LogP contribution in [-0.4, -0.2) is 34.9 Å². The van der Waals surface area contributed by atoms with Gasteiger partial charge in [0.1, 0.15) is 5.69 Å². The second kappa shape index (κ2) is 7.53. The predicted octanol–water partition coefficient (Wildman–Crippen LogP) is 1.66. The average Bonchev–Trinajstić information content (AvgIpc) is 2.58. The molecule has 0 fully saturated rings. The number of carbonyl (C=O) groups excluding carboxylic acids is 2. The highest BCUT2D eigenvalue weighted by Crippen LogP contribution is 2.31. The number of hydrogen-bond donors (Lipinski definition) is 2.